The topological polar surface area (TPSA) is 61.6 Å². The molecule has 7 heteroatoms. The van der Waals surface area contributed by atoms with Gasteiger partial charge < -0.3 is 4.74 Å². The third-order valence-corrected chi connectivity index (χ3v) is 15.1. The van der Waals surface area contributed by atoms with Crippen molar-refractivity contribution in [3.63, 3.8) is 0 Å². The molecule has 0 unspecified atom stereocenters. The smallest absolute Gasteiger partial charge is 0.275 e. The molecule has 0 N–H and O–H groups in total. The molecule has 77 heavy (non-hydrogen) atoms. The minimum absolute atomic E-state index is 0.0701. The van der Waals surface area contributed by atoms with E-state index in [0.717, 1.165) is 72.6 Å². The van der Waals surface area contributed by atoms with E-state index in [-0.39, 0.29) is 27.1 Å². The van der Waals surface area contributed by atoms with E-state index in [0.29, 0.717) is 17.3 Å². The fraction of sp³-hybridized carbons (Fsp3) is 0.314. The Hall–Kier alpha value is -7.64. The molecule has 6 aromatic carbocycles. The molecule has 0 radical (unpaired) electrons. The predicted octanol–water partition coefficient (Wildman–Crippen LogP) is 17.7. The van der Waals surface area contributed by atoms with Gasteiger partial charge in [-0.15, -0.1) is 5.10 Å². The van der Waals surface area contributed by atoms with Crippen LogP contribution in [0.5, 0.6) is 11.5 Å². The van der Waals surface area contributed by atoms with Crippen LogP contribution >= 0.6 is 0 Å². The van der Waals surface area contributed by atoms with Gasteiger partial charge in [-0.05, 0) is 127 Å². The molecule has 0 aliphatic rings. The summed E-state index contributed by atoms with van der Waals surface area (Å²) in [5, 5.41) is 7.80. The molecule has 0 saturated carbocycles. The van der Waals surface area contributed by atoms with Gasteiger partial charge in [-0.25, -0.2) is 4.98 Å². The summed E-state index contributed by atoms with van der Waals surface area (Å²) in [5.74, 6) is 3.54. The minimum Gasteiger partial charge on any atom is -0.458 e. The Morgan fingerprint density at radius 3 is 1.65 bits per heavy atom. The maximum absolute atomic E-state index is 7.19. The van der Waals surface area contributed by atoms with Gasteiger partial charge in [0.1, 0.15) is 23.1 Å². The molecular weight excluding hydrogens is 941 g/mol. The Labute approximate surface area is 457 Å². The lowest BCUT2D eigenvalue weighted by Gasteiger charge is -2.26. The molecule has 4 heterocycles. The lowest BCUT2D eigenvalue weighted by atomic mass is 9.79. The summed E-state index contributed by atoms with van der Waals surface area (Å²) in [6, 6.07) is 52.5. The zero-order valence-corrected chi connectivity index (χ0v) is 48.5. The largest absolute Gasteiger partial charge is 0.458 e. The van der Waals surface area contributed by atoms with Crippen molar-refractivity contribution in [1.29, 1.82) is 0 Å². The third-order valence-electron chi connectivity index (χ3n) is 15.1. The normalized spacial score (nSPS) is 12.7. The van der Waals surface area contributed by atoms with Crippen LogP contribution in [0.2, 0.25) is 0 Å². The number of aromatic nitrogens is 6. The Morgan fingerprint density at radius 1 is 0.455 bits per heavy atom. The third kappa shape index (κ3) is 10.6. The summed E-state index contributed by atoms with van der Waals surface area (Å²) in [6.07, 6.45) is 5.71. The standard InChI is InChI=1S/C70H76N6O/c1-44-22-21-23-45(2)64(44)59-40-56(77-55-27-28-57-58-34-47(46-24-19-18-20-25-46)26-29-60(58)76(61(57)41-55)62-39-49(30-31-71-62)66(3,4)5)42-63(72-59)74-43-75(54-37-52(69(12,13)14)36-53(38-54)70(15,16)17)73-65(74)48-32-50(67(6,7)8)35-51(33-48)68(9,10)11/h18-42H,1-17H3. The number of fused-ring (bicyclic) bond motifs is 3. The highest BCUT2D eigenvalue weighted by molar-refractivity contribution is 6.10. The number of hydrogen-bond acceptors (Lipinski definition) is 4. The zero-order valence-electron chi connectivity index (χ0n) is 48.5. The number of aryl methyl sites for hydroxylation is 2. The van der Waals surface area contributed by atoms with Crippen LogP contribution < -0.4 is 9.42 Å². The Kier molecular flexibility index (Phi) is 13.1. The SMILES string of the molecule is Cc1cccc(C)c1-c1cc(Oc2ccc3c4cc(-c5ccccc5)ccc4n(-c4cc(C(C)(C)C)ccn4)c3c2)cc(-n2[c-][n+](-c3cc(C(C)(C)C)cc(C(C)(C)C)c3)nc2-c2cc(C(C)(C)C)cc(C(C)(C)C)c2)n1. The molecular formula is C70H76N6O. The van der Waals surface area contributed by atoms with E-state index in [1.807, 2.05) is 21.5 Å². The second-order valence-electron chi connectivity index (χ2n) is 26.4. The van der Waals surface area contributed by atoms with Crippen LogP contribution in [-0.4, -0.2) is 24.2 Å². The zero-order chi connectivity index (χ0) is 55.1. The van der Waals surface area contributed by atoms with Gasteiger partial charge in [0.15, 0.2) is 5.82 Å². The van der Waals surface area contributed by atoms with E-state index < -0.39 is 0 Å². The summed E-state index contributed by atoms with van der Waals surface area (Å²) in [5.41, 5.74) is 16.0. The molecule has 0 saturated heterocycles. The van der Waals surface area contributed by atoms with Gasteiger partial charge in [0.25, 0.3) is 6.33 Å². The van der Waals surface area contributed by atoms with Crippen molar-refractivity contribution in [2.45, 2.75) is 145 Å². The molecule has 392 valence electrons. The summed E-state index contributed by atoms with van der Waals surface area (Å²) >= 11 is 0. The van der Waals surface area contributed by atoms with Crippen molar-refractivity contribution >= 4 is 21.8 Å². The number of benzene rings is 6. The van der Waals surface area contributed by atoms with Crippen molar-refractivity contribution in [2.75, 3.05) is 0 Å². The highest BCUT2D eigenvalue weighted by Gasteiger charge is 2.27. The van der Waals surface area contributed by atoms with Crippen LogP contribution in [0.25, 0.3) is 72.9 Å². The van der Waals surface area contributed by atoms with E-state index in [4.69, 9.17) is 19.8 Å². The quantitative estimate of drug-likeness (QED) is 0.112. The lowest BCUT2D eigenvalue weighted by Crippen LogP contribution is -2.34. The number of ether oxygens (including phenoxy) is 1. The molecule has 7 nitrogen and oxygen atoms in total. The van der Waals surface area contributed by atoms with E-state index in [1.54, 1.807) is 0 Å². The summed E-state index contributed by atoms with van der Waals surface area (Å²) < 4.78 is 13.4. The second kappa shape index (κ2) is 19.1. The van der Waals surface area contributed by atoms with Gasteiger partial charge in [-0.2, -0.15) is 4.68 Å². The van der Waals surface area contributed by atoms with Crippen molar-refractivity contribution in [3.05, 3.63) is 197 Å². The first-order chi connectivity index (χ1) is 36.1. The number of pyridine rings is 2. The number of nitrogens with zero attached hydrogens (tertiary/aromatic N) is 6. The first kappa shape index (κ1) is 52.8. The Balaban J connectivity index is 1.21. The summed E-state index contributed by atoms with van der Waals surface area (Å²) in [7, 11) is 0. The molecule has 0 fully saturated rings. The van der Waals surface area contributed by atoms with Crippen molar-refractivity contribution in [3.8, 4) is 62.6 Å². The van der Waals surface area contributed by atoms with E-state index in [1.165, 1.54) is 33.4 Å². The maximum Gasteiger partial charge on any atom is 0.275 e. The Morgan fingerprint density at radius 2 is 1.05 bits per heavy atom. The van der Waals surface area contributed by atoms with Crippen molar-refractivity contribution < 1.29 is 9.42 Å². The first-order valence-corrected chi connectivity index (χ1v) is 27.2. The molecule has 10 rings (SSSR count). The number of rotatable bonds is 8. The molecule has 0 atom stereocenters. The predicted molar refractivity (Wildman–Crippen MR) is 320 cm³/mol. The summed E-state index contributed by atoms with van der Waals surface area (Å²) in [6.45, 7) is 38.3. The summed E-state index contributed by atoms with van der Waals surface area (Å²) in [4.78, 5) is 10.6. The van der Waals surface area contributed by atoms with Crippen LogP contribution in [0, 0.1) is 20.2 Å². The first-order valence-electron chi connectivity index (χ1n) is 27.2. The van der Waals surface area contributed by atoms with Crippen LogP contribution in [0.3, 0.4) is 0 Å². The maximum atomic E-state index is 7.19. The van der Waals surface area contributed by atoms with E-state index >= 15 is 0 Å². The molecule has 0 spiro atoms. The fourth-order valence-electron chi connectivity index (χ4n) is 10.3. The van der Waals surface area contributed by atoms with E-state index in [9.17, 15) is 0 Å². The second-order valence-corrected chi connectivity index (χ2v) is 26.4. The van der Waals surface area contributed by atoms with Gasteiger partial charge in [0, 0.05) is 46.3 Å². The average molecular weight is 1020 g/mol. The van der Waals surface area contributed by atoms with Crippen LogP contribution in [-0.2, 0) is 27.1 Å². The highest BCUT2D eigenvalue weighted by atomic mass is 16.5. The molecule has 10 aromatic rings. The average Bonchev–Trinajstić information content (AvgIpc) is 4.04. The van der Waals surface area contributed by atoms with Gasteiger partial charge in [-0.3, -0.25) is 14.1 Å². The van der Waals surface area contributed by atoms with E-state index in [2.05, 4.69) is 268 Å². The van der Waals surface area contributed by atoms with Gasteiger partial charge in [0.05, 0.1) is 22.4 Å². The monoisotopic (exact) mass is 1020 g/mol. The molecule has 4 aromatic heterocycles. The van der Waals surface area contributed by atoms with Crippen LogP contribution in [0.4, 0.5) is 0 Å². The minimum atomic E-state index is -0.125. The van der Waals surface area contributed by atoms with Crippen molar-refractivity contribution in [1.82, 2.24) is 24.2 Å². The van der Waals surface area contributed by atoms with Gasteiger partial charge >= 0.3 is 0 Å². The fourth-order valence-corrected chi connectivity index (χ4v) is 10.3. The van der Waals surface area contributed by atoms with Gasteiger partial charge in [0.2, 0.25) is 0 Å². The molecule has 0 bridgehead atoms. The van der Waals surface area contributed by atoms with Crippen LogP contribution in [0.15, 0.2) is 152 Å². The Bertz CT molecular complexity index is 3790. The molecule has 0 amide bonds. The van der Waals surface area contributed by atoms with Gasteiger partial charge in [-0.1, -0.05) is 195 Å². The molecule has 0 aliphatic heterocycles. The highest BCUT2D eigenvalue weighted by Crippen LogP contribution is 2.41. The molecule has 0 aliphatic carbocycles. The van der Waals surface area contributed by atoms with Crippen LogP contribution in [0.1, 0.15) is 143 Å². The lowest BCUT2D eigenvalue weighted by molar-refractivity contribution is -0.660. The van der Waals surface area contributed by atoms with Crippen molar-refractivity contribution in [2.24, 2.45) is 0 Å². The number of hydrogen-bond donors (Lipinski definition) is 0.